The number of rotatable bonds is 7. The lowest BCUT2D eigenvalue weighted by molar-refractivity contribution is -0.124. The molecule has 1 aromatic rings. The Hall–Kier alpha value is -2.36. The number of ether oxygens (including phenoxy) is 3. The summed E-state index contributed by atoms with van der Waals surface area (Å²) in [5.74, 6) is 0.689. The molecule has 1 saturated carbocycles. The van der Waals surface area contributed by atoms with Crippen LogP contribution in [0.1, 0.15) is 25.7 Å². The molecule has 2 saturated heterocycles. The normalized spacial score (nSPS) is 30.5. The number of carbonyl (C=O) groups excluding carboxylic acids is 2. The lowest BCUT2D eigenvalue weighted by Gasteiger charge is -2.20. The zero-order valence-corrected chi connectivity index (χ0v) is 16.3. The van der Waals surface area contributed by atoms with E-state index in [4.69, 9.17) is 14.2 Å². The van der Waals surface area contributed by atoms with Gasteiger partial charge in [-0.05, 0) is 37.1 Å². The fraction of sp³-hybridized carbons (Fsp3) is 0.600. The summed E-state index contributed by atoms with van der Waals surface area (Å²) in [6.07, 6.45) is 0.568. The molecule has 2 aliphatic heterocycles. The number of hydrogen-bond donors (Lipinski definition) is 4. The molecule has 0 radical (unpaired) electrons. The first-order valence-corrected chi connectivity index (χ1v) is 9.99. The molecule has 3 amide bonds. The van der Waals surface area contributed by atoms with Crippen LogP contribution in [0.3, 0.4) is 0 Å². The van der Waals surface area contributed by atoms with Gasteiger partial charge in [-0.1, -0.05) is 0 Å². The average molecular weight is 405 g/mol. The van der Waals surface area contributed by atoms with Gasteiger partial charge in [0.05, 0.1) is 25.7 Å². The Bertz CT molecular complexity index is 738. The van der Waals surface area contributed by atoms with E-state index in [-0.39, 0.29) is 31.1 Å². The molecule has 1 aromatic carbocycles. The van der Waals surface area contributed by atoms with Crippen molar-refractivity contribution in [1.82, 2.24) is 10.6 Å². The number of methoxy groups -OCH3 is 1. The van der Waals surface area contributed by atoms with Crippen LogP contribution in [0.15, 0.2) is 24.3 Å². The van der Waals surface area contributed by atoms with Crippen LogP contribution < -0.4 is 20.7 Å². The summed E-state index contributed by atoms with van der Waals surface area (Å²) in [6.45, 7) is 0.159. The van der Waals surface area contributed by atoms with Crippen molar-refractivity contribution in [2.24, 2.45) is 0 Å². The van der Waals surface area contributed by atoms with Crippen LogP contribution in [0.5, 0.6) is 5.75 Å². The fourth-order valence-electron chi connectivity index (χ4n) is 3.77. The highest BCUT2D eigenvalue weighted by atomic mass is 16.6. The predicted octanol–water partition coefficient (Wildman–Crippen LogP) is 0.771. The van der Waals surface area contributed by atoms with Crippen molar-refractivity contribution in [3.63, 3.8) is 0 Å². The second kappa shape index (κ2) is 8.56. The molecule has 0 spiro atoms. The van der Waals surface area contributed by atoms with Crippen LogP contribution in [0.25, 0.3) is 0 Å². The Balaban J connectivity index is 1.19. The van der Waals surface area contributed by atoms with Crippen molar-refractivity contribution in [2.45, 2.75) is 62.2 Å². The molecular weight excluding hydrogens is 378 g/mol. The van der Waals surface area contributed by atoms with Gasteiger partial charge in [-0.3, -0.25) is 4.79 Å². The highest BCUT2D eigenvalue weighted by Gasteiger charge is 2.50. The topological polar surface area (TPSA) is 118 Å². The van der Waals surface area contributed by atoms with Gasteiger partial charge in [0.1, 0.15) is 24.1 Å². The molecule has 5 unspecified atom stereocenters. The number of aliphatic hydroxyl groups is 1. The smallest absolute Gasteiger partial charge is 0.319 e. The van der Waals surface area contributed by atoms with Crippen LogP contribution in [0.2, 0.25) is 0 Å². The van der Waals surface area contributed by atoms with Crippen molar-refractivity contribution in [3.05, 3.63) is 24.3 Å². The van der Waals surface area contributed by atoms with E-state index in [9.17, 15) is 14.7 Å². The Kier molecular flexibility index (Phi) is 5.89. The number of hydrogen-bond acceptors (Lipinski definition) is 6. The molecule has 4 N–H and O–H groups in total. The number of benzene rings is 1. The van der Waals surface area contributed by atoms with E-state index in [0.29, 0.717) is 23.9 Å². The summed E-state index contributed by atoms with van der Waals surface area (Å²) in [6, 6.07) is 6.90. The van der Waals surface area contributed by atoms with Gasteiger partial charge >= 0.3 is 6.03 Å². The number of urea groups is 1. The van der Waals surface area contributed by atoms with E-state index in [2.05, 4.69) is 16.0 Å². The van der Waals surface area contributed by atoms with Crippen LogP contribution in [-0.4, -0.2) is 67.3 Å². The van der Waals surface area contributed by atoms with Crippen molar-refractivity contribution >= 4 is 17.6 Å². The molecule has 5 atom stereocenters. The quantitative estimate of drug-likeness (QED) is 0.532. The van der Waals surface area contributed by atoms with Gasteiger partial charge in [0, 0.05) is 24.7 Å². The third-order valence-corrected chi connectivity index (χ3v) is 5.45. The molecule has 4 rings (SSSR count). The summed E-state index contributed by atoms with van der Waals surface area (Å²) in [7, 11) is 1.58. The molecule has 2 heterocycles. The Labute approximate surface area is 169 Å². The molecule has 0 aromatic heterocycles. The van der Waals surface area contributed by atoms with Crippen LogP contribution in [0, 0.1) is 0 Å². The average Bonchev–Trinajstić information content (AvgIpc) is 3.35. The molecule has 3 fully saturated rings. The van der Waals surface area contributed by atoms with Gasteiger partial charge in [0.15, 0.2) is 0 Å². The van der Waals surface area contributed by atoms with Gasteiger partial charge in [-0.15, -0.1) is 0 Å². The minimum Gasteiger partial charge on any atom is -0.497 e. The van der Waals surface area contributed by atoms with Crippen LogP contribution in [-0.2, 0) is 14.3 Å². The summed E-state index contributed by atoms with van der Waals surface area (Å²) in [4.78, 5) is 24.0. The van der Waals surface area contributed by atoms with Crippen molar-refractivity contribution in [1.29, 1.82) is 0 Å². The van der Waals surface area contributed by atoms with Gasteiger partial charge in [0.25, 0.3) is 0 Å². The zero-order valence-electron chi connectivity index (χ0n) is 16.3. The SMILES string of the molecule is COc1ccc(NC(=O)NCC2OC3CC(CC(=O)NC4CC4)OC3C2O)cc1. The van der Waals surface area contributed by atoms with Crippen molar-refractivity contribution in [2.75, 3.05) is 19.0 Å². The summed E-state index contributed by atoms with van der Waals surface area (Å²) < 4.78 is 16.8. The maximum atomic E-state index is 12.1. The van der Waals surface area contributed by atoms with E-state index in [1.807, 2.05) is 0 Å². The third kappa shape index (κ3) is 4.98. The van der Waals surface area contributed by atoms with Crippen molar-refractivity contribution < 1.29 is 28.9 Å². The summed E-state index contributed by atoms with van der Waals surface area (Å²) in [5, 5.41) is 18.9. The van der Waals surface area contributed by atoms with E-state index in [0.717, 1.165) is 12.8 Å². The number of anilines is 1. The first-order valence-electron chi connectivity index (χ1n) is 9.99. The number of nitrogens with one attached hydrogen (secondary N) is 3. The minimum absolute atomic E-state index is 0.0135. The lowest BCUT2D eigenvalue weighted by Crippen LogP contribution is -2.42. The highest BCUT2D eigenvalue weighted by Crippen LogP contribution is 2.35. The fourth-order valence-corrected chi connectivity index (χ4v) is 3.77. The van der Waals surface area contributed by atoms with E-state index >= 15 is 0 Å². The largest absolute Gasteiger partial charge is 0.497 e. The first kappa shape index (κ1) is 19.9. The van der Waals surface area contributed by atoms with E-state index < -0.39 is 24.3 Å². The Morgan fingerprint density at radius 3 is 2.62 bits per heavy atom. The van der Waals surface area contributed by atoms with Gasteiger partial charge in [-0.2, -0.15) is 0 Å². The molecule has 0 bridgehead atoms. The summed E-state index contributed by atoms with van der Waals surface area (Å²) in [5.41, 5.74) is 0.628. The van der Waals surface area contributed by atoms with Crippen molar-refractivity contribution in [3.8, 4) is 5.75 Å². The maximum Gasteiger partial charge on any atom is 0.319 e. The highest BCUT2D eigenvalue weighted by molar-refractivity contribution is 5.89. The third-order valence-electron chi connectivity index (χ3n) is 5.45. The van der Waals surface area contributed by atoms with Gasteiger partial charge < -0.3 is 35.3 Å². The second-order valence-electron chi connectivity index (χ2n) is 7.77. The van der Waals surface area contributed by atoms with Gasteiger partial charge in [-0.25, -0.2) is 4.79 Å². The predicted molar refractivity (Wildman–Crippen MR) is 104 cm³/mol. The van der Waals surface area contributed by atoms with Crippen LogP contribution >= 0.6 is 0 Å². The number of carbonyl (C=O) groups is 2. The first-order chi connectivity index (χ1) is 14.0. The summed E-state index contributed by atoms with van der Waals surface area (Å²) >= 11 is 0. The van der Waals surface area contributed by atoms with E-state index in [1.54, 1.807) is 31.4 Å². The number of amides is 3. The standard InChI is InChI=1S/C20H27N3O6/c1-27-13-6-4-12(5-7-13)23-20(26)21-10-16-18(25)19-15(29-16)8-14(28-19)9-17(24)22-11-2-3-11/h4-7,11,14-16,18-19,25H,2-3,8-10H2,1H3,(H,22,24)(H2,21,23,26). The number of fused-ring (bicyclic) bond motifs is 1. The molecular formula is C20H27N3O6. The maximum absolute atomic E-state index is 12.1. The monoisotopic (exact) mass is 405 g/mol. The molecule has 29 heavy (non-hydrogen) atoms. The van der Waals surface area contributed by atoms with Gasteiger partial charge in [0.2, 0.25) is 5.91 Å². The molecule has 1 aliphatic carbocycles. The lowest BCUT2D eigenvalue weighted by atomic mass is 10.1. The molecule has 158 valence electrons. The second-order valence-corrected chi connectivity index (χ2v) is 7.77. The number of aliphatic hydroxyl groups excluding tert-OH is 1. The molecule has 9 heteroatoms. The molecule has 9 nitrogen and oxygen atoms in total. The Morgan fingerprint density at radius 2 is 1.97 bits per heavy atom. The van der Waals surface area contributed by atoms with E-state index in [1.165, 1.54) is 0 Å². The zero-order chi connectivity index (χ0) is 20.4. The minimum atomic E-state index is -0.849. The Morgan fingerprint density at radius 1 is 1.21 bits per heavy atom. The van der Waals surface area contributed by atoms with Crippen LogP contribution in [0.4, 0.5) is 10.5 Å². The molecule has 3 aliphatic rings.